The summed E-state index contributed by atoms with van der Waals surface area (Å²) >= 11 is 0. The fourth-order valence-corrected chi connectivity index (χ4v) is 2.77. The number of hydrogen-bond acceptors (Lipinski definition) is 4. The monoisotopic (exact) mass is 323 g/mol. The standard InChI is InChI=1S/C18H21N5O/c1-11-16(12(2)23(3)22-11)10-20-18(24)9-15-6-4-13-8-14(19)5-7-17(13)21-15/h4-8H,9-10,19H2,1-3H3,(H,20,24). The number of aryl methyl sites for hydroxylation is 2. The topological polar surface area (TPSA) is 85.8 Å². The predicted octanol–water partition coefficient (Wildman–Crippen LogP) is 2.03. The molecule has 2 aromatic heterocycles. The number of fused-ring (bicyclic) bond motifs is 1. The fourth-order valence-electron chi connectivity index (χ4n) is 2.77. The molecular weight excluding hydrogens is 302 g/mol. The number of hydrogen-bond donors (Lipinski definition) is 2. The first kappa shape index (κ1) is 16.0. The van der Waals surface area contributed by atoms with E-state index in [-0.39, 0.29) is 12.3 Å². The molecule has 0 saturated carbocycles. The summed E-state index contributed by atoms with van der Waals surface area (Å²) in [7, 11) is 1.90. The Morgan fingerprint density at radius 3 is 2.75 bits per heavy atom. The van der Waals surface area contributed by atoms with Crippen LogP contribution in [0.5, 0.6) is 0 Å². The van der Waals surface area contributed by atoms with Gasteiger partial charge in [0.1, 0.15) is 0 Å². The third-order valence-electron chi connectivity index (χ3n) is 4.23. The highest BCUT2D eigenvalue weighted by atomic mass is 16.1. The van der Waals surface area contributed by atoms with Crippen molar-refractivity contribution in [1.29, 1.82) is 0 Å². The Balaban J connectivity index is 1.67. The van der Waals surface area contributed by atoms with Crippen molar-refractivity contribution < 1.29 is 4.79 Å². The molecule has 0 aliphatic rings. The van der Waals surface area contributed by atoms with E-state index in [4.69, 9.17) is 5.73 Å². The zero-order valence-corrected chi connectivity index (χ0v) is 14.1. The summed E-state index contributed by atoms with van der Waals surface area (Å²) < 4.78 is 1.83. The van der Waals surface area contributed by atoms with E-state index < -0.39 is 0 Å². The van der Waals surface area contributed by atoms with Crippen LogP contribution in [-0.4, -0.2) is 20.7 Å². The number of nitrogen functional groups attached to an aromatic ring is 1. The lowest BCUT2D eigenvalue weighted by Gasteiger charge is -2.07. The van der Waals surface area contributed by atoms with E-state index in [0.717, 1.165) is 33.5 Å². The molecule has 3 rings (SSSR count). The SMILES string of the molecule is Cc1nn(C)c(C)c1CNC(=O)Cc1ccc2cc(N)ccc2n1. The first-order valence-corrected chi connectivity index (χ1v) is 7.85. The van der Waals surface area contributed by atoms with Gasteiger partial charge in [0.25, 0.3) is 0 Å². The maximum Gasteiger partial charge on any atom is 0.226 e. The molecule has 1 aromatic carbocycles. The lowest BCUT2D eigenvalue weighted by Crippen LogP contribution is -2.25. The second kappa shape index (κ2) is 6.31. The van der Waals surface area contributed by atoms with E-state index in [0.29, 0.717) is 12.2 Å². The average Bonchev–Trinajstić information content (AvgIpc) is 2.78. The highest BCUT2D eigenvalue weighted by Gasteiger charge is 2.11. The minimum absolute atomic E-state index is 0.0556. The quantitative estimate of drug-likeness (QED) is 0.719. The Morgan fingerprint density at radius 1 is 1.25 bits per heavy atom. The molecule has 124 valence electrons. The molecule has 0 atom stereocenters. The van der Waals surface area contributed by atoms with Crippen LogP contribution in [0.2, 0.25) is 0 Å². The van der Waals surface area contributed by atoms with E-state index in [9.17, 15) is 4.79 Å². The van der Waals surface area contributed by atoms with Gasteiger partial charge in [-0.25, -0.2) is 0 Å². The van der Waals surface area contributed by atoms with Gasteiger partial charge in [0.2, 0.25) is 5.91 Å². The average molecular weight is 323 g/mol. The number of rotatable bonds is 4. The van der Waals surface area contributed by atoms with Crippen LogP contribution < -0.4 is 11.1 Å². The molecule has 0 bridgehead atoms. The number of amides is 1. The van der Waals surface area contributed by atoms with Crippen molar-refractivity contribution in [2.45, 2.75) is 26.8 Å². The molecule has 0 saturated heterocycles. The van der Waals surface area contributed by atoms with Gasteiger partial charge in [-0.05, 0) is 38.1 Å². The summed E-state index contributed by atoms with van der Waals surface area (Å²) in [6.45, 7) is 4.43. The van der Waals surface area contributed by atoms with Crippen molar-refractivity contribution >= 4 is 22.5 Å². The van der Waals surface area contributed by atoms with Crippen LogP contribution in [0.3, 0.4) is 0 Å². The third-order valence-corrected chi connectivity index (χ3v) is 4.23. The van der Waals surface area contributed by atoms with Crippen LogP contribution in [0, 0.1) is 13.8 Å². The molecule has 0 fully saturated rings. The zero-order chi connectivity index (χ0) is 17.3. The number of pyridine rings is 1. The predicted molar refractivity (Wildman–Crippen MR) is 94.4 cm³/mol. The maximum atomic E-state index is 12.2. The lowest BCUT2D eigenvalue weighted by molar-refractivity contribution is -0.120. The molecule has 0 radical (unpaired) electrons. The van der Waals surface area contributed by atoms with Crippen LogP contribution in [0.15, 0.2) is 30.3 Å². The van der Waals surface area contributed by atoms with Crippen molar-refractivity contribution in [1.82, 2.24) is 20.1 Å². The van der Waals surface area contributed by atoms with Crippen LogP contribution in [0.1, 0.15) is 22.6 Å². The van der Waals surface area contributed by atoms with Gasteiger partial charge in [-0.3, -0.25) is 14.5 Å². The van der Waals surface area contributed by atoms with Gasteiger partial charge < -0.3 is 11.1 Å². The van der Waals surface area contributed by atoms with E-state index in [1.165, 1.54) is 0 Å². The third kappa shape index (κ3) is 3.22. The number of nitrogens with two attached hydrogens (primary N) is 1. The van der Waals surface area contributed by atoms with Crippen molar-refractivity contribution in [3.05, 3.63) is 53.0 Å². The Morgan fingerprint density at radius 2 is 2.04 bits per heavy atom. The van der Waals surface area contributed by atoms with Gasteiger partial charge in [0.05, 0.1) is 23.3 Å². The van der Waals surface area contributed by atoms with Crippen molar-refractivity contribution in [3.8, 4) is 0 Å². The van der Waals surface area contributed by atoms with Crippen LogP contribution in [0.4, 0.5) is 5.69 Å². The van der Waals surface area contributed by atoms with E-state index in [2.05, 4.69) is 15.4 Å². The largest absolute Gasteiger partial charge is 0.399 e. The first-order valence-electron chi connectivity index (χ1n) is 7.85. The van der Waals surface area contributed by atoms with Gasteiger partial charge in [0, 0.05) is 35.9 Å². The molecular formula is C18H21N5O. The van der Waals surface area contributed by atoms with Crippen molar-refractivity contribution in [2.24, 2.45) is 7.05 Å². The first-order chi connectivity index (χ1) is 11.4. The van der Waals surface area contributed by atoms with Crippen LogP contribution in [0.25, 0.3) is 10.9 Å². The molecule has 6 nitrogen and oxygen atoms in total. The molecule has 2 heterocycles. The van der Waals surface area contributed by atoms with E-state index in [1.807, 2.05) is 55.9 Å². The molecule has 0 aliphatic heterocycles. The van der Waals surface area contributed by atoms with Gasteiger partial charge in [-0.1, -0.05) is 6.07 Å². The molecule has 6 heteroatoms. The Kier molecular flexibility index (Phi) is 4.20. The minimum atomic E-state index is -0.0556. The van der Waals surface area contributed by atoms with Gasteiger partial charge >= 0.3 is 0 Å². The summed E-state index contributed by atoms with van der Waals surface area (Å²) in [6, 6.07) is 9.36. The second-order valence-corrected chi connectivity index (χ2v) is 5.98. The lowest BCUT2D eigenvalue weighted by atomic mass is 10.1. The van der Waals surface area contributed by atoms with Gasteiger partial charge in [-0.2, -0.15) is 5.10 Å². The van der Waals surface area contributed by atoms with E-state index >= 15 is 0 Å². The number of benzene rings is 1. The second-order valence-electron chi connectivity index (χ2n) is 5.98. The maximum absolute atomic E-state index is 12.2. The van der Waals surface area contributed by atoms with Gasteiger partial charge in [-0.15, -0.1) is 0 Å². The van der Waals surface area contributed by atoms with E-state index in [1.54, 1.807) is 0 Å². The number of nitrogens with zero attached hydrogens (tertiary/aromatic N) is 3. The number of aromatic nitrogens is 3. The summed E-state index contributed by atoms with van der Waals surface area (Å²) in [6.07, 6.45) is 0.249. The van der Waals surface area contributed by atoms with Crippen LogP contribution in [-0.2, 0) is 24.8 Å². The molecule has 3 N–H and O–H groups in total. The Labute approximate surface area is 140 Å². The normalized spacial score (nSPS) is 11.0. The number of anilines is 1. The minimum Gasteiger partial charge on any atom is -0.399 e. The summed E-state index contributed by atoms with van der Waals surface area (Å²) in [5, 5.41) is 8.28. The molecule has 0 spiro atoms. The number of nitrogens with one attached hydrogen (secondary N) is 1. The van der Waals surface area contributed by atoms with Gasteiger partial charge in [0.15, 0.2) is 0 Å². The summed E-state index contributed by atoms with van der Waals surface area (Å²) in [4.78, 5) is 16.7. The molecule has 0 unspecified atom stereocenters. The highest BCUT2D eigenvalue weighted by molar-refractivity contribution is 5.83. The highest BCUT2D eigenvalue weighted by Crippen LogP contribution is 2.16. The van der Waals surface area contributed by atoms with Crippen molar-refractivity contribution in [3.63, 3.8) is 0 Å². The number of carbonyl (C=O) groups excluding carboxylic acids is 1. The zero-order valence-electron chi connectivity index (χ0n) is 14.1. The van der Waals surface area contributed by atoms with Crippen molar-refractivity contribution in [2.75, 3.05) is 5.73 Å². The fraction of sp³-hybridized carbons (Fsp3) is 0.278. The summed E-state index contributed by atoms with van der Waals surface area (Å²) in [5.41, 5.74) is 11.1. The molecule has 0 aliphatic carbocycles. The Hall–Kier alpha value is -2.89. The molecule has 3 aromatic rings. The number of carbonyl (C=O) groups is 1. The molecule has 24 heavy (non-hydrogen) atoms. The summed E-state index contributed by atoms with van der Waals surface area (Å²) in [5.74, 6) is -0.0556. The van der Waals surface area contributed by atoms with Crippen LogP contribution >= 0.6 is 0 Å². The molecule has 1 amide bonds. The smallest absolute Gasteiger partial charge is 0.226 e. The Bertz CT molecular complexity index is 913.